The molecule has 13 heavy (non-hydrogen) atoms. The van der Waals surface area contributed by atoms with E-state index in [9.17, 15) is 4.79 Å². The third kappa shape index (κ3) is 3.32. The summed E-state index contributed by atoms with van der Waals surface area (Å²) in [5.41, 5.74) is 0. The molecule has 0 bridgehead atoms. The van der Waals surface area contributed by atoms with Gasteiger partial charge in [0.25, 0.3) is 0 Å². The van der Waals surface area contributed by atoms with Crippen LogP contribution >= 0.6 is 0 Å². The Morgan fingerprint density at radius 1 is 1.62 bits per heavy atom. The zero-order valence-electron chi connectivity index (χ0n) is 7.95. The second kappa shape index (κ2) is 5.19. The standard InChI is InChI=1S/C9H17NO3/c1-13-8-5-7(6-8)10-9(12)3-2-4-11/h7-8,11H,2-6H2,1H3,(H,10,12). The van der Waals surface area contributed by atoms with Crippen molar-refractivity contribution in [3.63, 3.8) is 0 Å². The molecule has 0 unspecified atom stereocenters. The van der Waals surface area contributed by atoms with Crippen LogP contribution in [0.3, 0.4) is 0 Å². The first kappa shape index (κ1) is 10.5. The molecule has 0 aromatic carbocycles. The molecule has 2 N–H and O–H groups in total. The predicted molar refractivity (Wildman–Crippen MR) is 48.3 cm³/mol. The summed E-state index contributed by atoms with van der Waals surface area (Å²) in [5, 5.41) is 11.4. The molecule has 0 aromatic heterocycles. The number of methoxy groups -OCH3 is 1. The van der Waals surface area contributed by atoms with Crippen molar-refractivity contribution < 1.29 is 14.6 Å². The fraction of sp³-hybridized carbons (Fsp3) is 0.889. The van der Waals surface area contributed by atoms with Gasteiger partial charge in [-0.1, -0.05) is 0 Å². The van der Waals surface area contributed by atoms with E-state index in [0.717, 1.165) is 12.8 Å². The van der Waals surface area contributed by atoms with Gasteiger partial charge in [-0.25, -0.2) is 0 Å². The van der Waals surface area contributed by atoms with E-state index in [1.807, 2.05) is 0 Å². The Kier molecular flexibility index (Phi) is 4.18. The summed E-state index contributed by atoms with van der Waals surface area (Å²) in [6.45, 7) is 0.0821. The minimum Gasteiger partial charge on any atom is -0.396 e. The van der Waals surface area contributed by atoms with E-state index in [2.05, 4.69) is 5.32 Å². The van der Waals surface area contributed by atoms with Crippen LogP contribution in [0.25, 0.3) is 0 Å². The van der Waals surface area contributed by atoms with Crippen LogP contribution in [0.4, 0.5) is 0 Å². The minimum absolute atomic E-state index is 0.0357. The Hall–Kier alpha value is -0.610. The number of ether oxygens (including phenoxy) is 1. The third-order valence-corrected chi connectivity index (χ3v) is 2.36. The molecule has 0 saturated heterocycles. The van der Waals surface area contributed by atoms with Crippen molar-refractivity contribution in [2.45, 2.75) is 37.8 Å². The topological polar surface area (TPSA) is 58.6 Å². The Bertz CT molecular complexity index is 166. The first-order valence-corrected chi connectivity index (χ1v) is 4.69. The van der Waals surface area contributed by atoms with Crippen LogP contribution in [0.1, 0.15) is 25.7 Å². The number of carbonyl (C=O) groups is 1. The van der Waals surface area contributed by atoms with Gasteiger partial charge < -0.3 is 15.2 Å². The zero-order valence-corrected chi connectivity index (χ0v) is 7.95. The zero-order chi connectivity index (χ0) is 9.68. The number of rotatable bonds is 5. The van der Waals surface area contributed by atoms with Crippen molar-refractivity contribution in [1.29, 1.82) is 0 Å². The molecule has 4 heteroatoms. The molecule has 76 valence electrons. The number of aliphatic hydroxyl groups is 1. The van der Waals surface area contributed by atoms with Crippen molar-refractivity contribution in [1.82, 2.24) is 5.32 Å². The molecule has 1 rings (SSSR count). The number of aliphatic hydroxyl groups excluding tert-OH is 1. The van der Waals surface area contributed by atoms with Crippen molar-refractivity contribution in [2.75, 3.05) is 13.7 Å². The summed E-state index contributed by atoms with van der Waals surface area (Å²) < 4.78 is 5.09. The molecule has 0 heterocycles. The maximum absolute atomic E-state index is 11.1. The van der Waals surface area contributed by atoms with Crippen LogP contribution in [0, 0.1) is 0 Å². The smallest absolute Gasteiger partial charge is 0.220 e. The molecular formula is C9H17NO3. The van der Waals surface area contributed by atoms with E-state index in [1.54, 1.807) is 7.11 Å². The van der Waals surface area contributed by atoms with E-state index < -0.39 is 0 Å². The Labute approximate surface area is 78.3 Å². The molecule has 0 radical (unpaired) electrons. The van der Waals surface area contributed by atoms with E-state index in [-0.39, 0.29) is 18.6 Å². The predicted octanol–water partition coefficient (Wildman–Crippen LogP) is 0.0525. The summed E-state index contributed by atoms with van der Waals surface area (Å²) in [5.74, 6) is 0.0357. The number of nitrogens with one attached hydrogen (secondary N) is 1. The van der Waals surface area contributed by atoms with Crippen LogP contribution in [-0.4, -0.2) is 36.9 Å². The van der Waals surface area contributed by atoms with Crippen molar-refractivity contribution >= 4 is 5.91 Å². The van der Waals surface area contributed by atoms with Crippen LogP contribution in [0.5, 0.6) is 0 Å². The molecule has 1 amide bonds. The lowest BCUT2D eigenvalue weighted by Gasteiger charge is -2.34. The van der Waals surface area contributed by atoms with Gasteiger partial charge in [0.1, 0.15) is 0 Å². The first-order valence-electron chi connectivity index (χ1n) is 4.69. The maximum atomic E-state index is 11.1. The lowest BCUT2D eigenvalue weighted by Crippen LogP contribution is -2.47. The number of amides is 1. The van der Waals surface area contributed by atoms with Gasteiger partial charge in [-0.05, 0) is 19.3 Å². The molecule has 0 aromatic rings. The van der Waals surface area contributed by atoms with Crippen LogP contribution in [-0.2, 0) is 9.53 Å². The summed E-state index contributed by atoms with van der Waals surface area (Å²) in [6, 6.07) is 0.288. The van der Waals surface area contributed by atoms with Gasteiger partial charge in [0.2, 0.25) is 5.91 Å². The van der Waals surface area contributed by atoms with Gasteiger partial charge in [0.05, 0.1) is 6.10 Å². The van der Waals surface area contributed by atoms with Crippen LogP contribution in [0.15, 0.2) is 0 Å². The lowest BCUT2D eigenvalue weighted by molar-refractivity contribution is -0.123. The molecule has 0 spiro atoms. The molecule has 4 nitrogen and oxygen atoms in total. The SMILES string of the molecule is COC1CC(NC(=O)CCCO)C1. The average Bonchev–Trinajstić information content (AvgIpc) is 2.07. The summed E-state index contributed by atoms with van der Waals surface area (Å²) in [6.07, 6.45) is 3.13. The third-order valence-electron chi connectivity index (χ3n) is 2.36. The maximum Gasteiger partial charge on any atom is 0.220 e. The molecule has 1 fully saturated rings. The highest BCUT2D eigenvalue weighted by Crippen LogP contribution is 2.22. The highest BCUT2D eigenvalue weighted by Gasteiger charge is 2.29. The Balaban J connectivity index is 2.03. The van der Waals surface area contributed by atoms with E-state index >= 15 is 0 Å². The second-order valence-corrected chi connectivity index (χ2v) is 3.42. The van der Waals surface area contributed by atoms with Gasteiger partial charge >= 0.3 is 0 Å². The molecule has 1 aliphatic carbocycles. The van der Waals surface area contributed by atoms with Crippen molar-refractivity contribution in [3.8, 4) is 0 Å². The summed E-state index contributed by atoms with van der Waals surface area (Å²) in [4.78, 5) is 11.1. The molecule has 1 saturated carbocycles. The highest BCUT2D eigenvalue weighted by molar-refractivity contribution is 5.76. The Morgan fingerprint density at radius 3 is 2.85 bits per heavy atom. The van der Waals surface area contributed by atoms with Crippen LogP contribution < -0.4 is 5.32 Å². The largest absolute Gasteiger partial charge is 0.396 e. The minimum atomic E-state index is 0.0357. The van der Waals surface area contributed by atoms with Gasteiger partial charge in [0, 0.05) is 26.2 Å². The van der Waals surface area contributed by atoms with Gasteiger partial charge in [-0.3, -0.25) is 4.79 Å². The fourth-order valence-electron chi connectivity index (χ4n) is 1.42. The monoisotopic (exact) mass is 187 g/mol. The van der Waals surface area contributed by atoms with E-state index in [4.69, 9.17) is 9.84 Å². The molecular weight excluding hydrogens is 170 g/mol. The number of hydrogen-bond donors (Lipinski definition) is 2. The normalized spacial score (nSPS) is 26.6. The van der Waals surface area contributed by atoms with Crippen LogP contribution in [0.2, 0.25) is 0 Å². The molecule has 0 aliphatic heterocycles. The number of carbonyl (C=O) groups excluding carboxylic acids is 1. The molecule has 1 aliphatic rings. The second-order valence-electron chi connectivity index (χ2n) is 3.42. The summed E-state index contributed by atoms with van der Waals surface area (Å²) >= 11 is 0. The van der Waals surface area contributed by atoms with E-state index in [1.165, 1.54) is 0 Å². The lowest BCUT2D eigenvalue weighted by atomic mass is 9.89. The van der Waals surface area contributed by atoms with Crippen molar-refractivity contribution in [2.24, 2.45) is 0 Å². The average molecular weight is 187 g/mol. The Morgan fingerprint density at radius 2 is 2.31 bits per heavy atom. The highest BCUT2D eigenvalue weighted by atomic mass is 16.5. The van der Waals surface area contributed by atoms with Gasteiger partial charge in [0.15, 0.2) is 0 Å². The van der Waals surface area contributed by atoms with Crippen molar-refractivity contribution in [3.05, 3.63) is 0 Å². The van der Waals surface area contributed by atoms with E-state index in [0.29, 0.717) is 18.9 Å². The summed E-state index contributed by atoms with van der Waals surface area (Å²) in [7, 11) is 1.69. The molecule has 0 atom stereocenters. The quantitative estimate of drug-likeness (QED) is 0.639. The van der Waals surface area contributed by atoms with Gasteiger partial charge in [-0.2, -0.15) is 0 Å². The first-order chi connectivity index (χ1) is 6.26. The van der Waals surface area contributed by atoms with Gasteiger partial charge in [-0.15, -0.1) is 0 Å². The number of hydrogen-bond acceptors (Lipinski definition) is 3. The fourth-order valence-corrected chi connectivity index (χ4v) is 1.42.